The number of benzene rings is 2. The van der Waals surface area contributed by atoms with E-state index in [1.54, 1.807) is 18.2 Å². The van der Waals surface area contributed by atoms with E-state index in [-0.39, 0.29) is 6.54 Å². The fourth-order valence-corrected chi connectivity index (χ4v) is 3.31. The minimum absolute atomic E-state index is 0.153. The van der Waals surface area contributed by atoms with Gasteiger partial charge in [0.1, 0.15) is 10.7 Å². The second kappa shape index (κ2) is 8.15. The molecule has 140 valence electrons. The number of carbonyl (C=O) groups is 1. The highest BCUT2D eigenvalue weighted by atomic mass is 32.2. The quantitative estimate of drug-likeness (QED) is 0.732. The zero-order valence-corrected chi connectivity index (χ0v) is 14.9. The number of halogens is 1. The first-order chi connectivity index (χ1) is 12.3. The van der Waals surface area contributed by atoms with Crippen LogP contribution in [-0.4, -0.2) is 28.1 Å². The molecule has 0 amide bonds. The first kappa shape index (κ1) is 19.7. The van der Waals surface area contributed by atoms with Gasteiger partial charge in [-0.25, -0.2) is 17.5 Å². The minimum Gasteiger partial charge on any atom is -0.545 e. The van der Waals surface area contributed by atoms with Gasteiger partial charge < -0.3 is 19.4 Å². The van der Waals surface area contributed by atoms with E-state index in [0.717, 1.165) is 12.1 Å². The summed E-state index contributed by atoms with van der Waals surface area (Å²) in [6.45, 7) is 2.10. The molecule has 0 fully saturated rings. The molecule has 0 unspecified atom stereocenters. The molecule has 2 rings (SSSR count). The van der Waals surface area contributed by atoms with Gasteiger partial charge in [0.15, 0.2) is 11.5 Å². The summed E-state index contributed by atoms with van der Waals surface area (Å²) < 4.78 is 51.2. The predicted molar refractivity (Wildman–Crippen MR) is 88.9 cm³/mol. The van der Waals surface area contributed by atoms with Crippen molar-refractivity contribution in [3.63, 3.8) is 0 Å². The Morgan fingerprint density at radius 3 is 2.54 bits per heavy atom. The zero-order valence-electron chi connectivity index (χ0n) is 14.1. The van der Waals surface area contributed by atoms with Crippen molar-refractivity contribution in [1.29, 1.82) is 0 Å². The maximum atomic E-state index is 13.8. The number of nitrogens with one attached hydrogen (secondary N) is 1. The van der Waals surface area contributed by atoms with Crippen LogP contribution in [0.5, 0.6) is 11.5 Å². The molecule has 7 nitrogen and oxygen atoms in total. The van der Waals surface area contributed by atoms with Gasteiger partial charge in [0, 0.05) is 6.54 Å². The van der Waals surface area contributed by atoms with Gasteiger partial charge in [-0.3, -0.25) is 0 Å². The Morgan fingerprint density at radius 1 is 1.19 bits per heavy atom. The average molecular weight is 382 g/mol. The summed E-state index contributed by atoms with van der Waals surface area (Å²) in [6, 6.07) is 7.25. The SMILES string of the molecule is CCOc1ccc(CNS(=O)(=O)c2cc(C(=O)[O-])ccc2F)cc1OC. The average Bonchev–Trinajstić information content (AvgIpc) is 2.61. The summed E-state index contributed by atoms with van der Waals surface area (Å²) in [6.07, 6.45) is 0. The van der Waals surface area contributed by atoms with Crippen molar-refractivity contribution in [2.45, 2.75) is 18.4 Å². The van der Waals surface area contributed by atoms with E-state index in [1.807, 2.05) is 6.92 Å². The number of hydrogen-bond acceptors (Lipinski definition) is 6. The Morgan fingerprint density at radius 2 is 1.92 bits per heavy atom. The summed E-state index contributed by atoms with van der Waals surface area (Å²) >= 11 is 0. The Kier molecular flexibility index (Phi) is 6.17. The molecular weight excluding hydrogens is 365 g/mol. The monoisotopic (exact) mass is 382 g/mol. The van der Waals surface area contributed by atoms with Crippen LogP contribution in [-0.2, 0) is 16.6 Å². The third-order valence-electron chi connectivity index (χ3n) is 3.45. The normalized spacial score (nSPS) is 11.2. The maximum absolute atomic E-state index is 13.8. The van der Waals surface area contributed by atoms with E-state index in [2.05, 4.69) is 4.72 Å². The van der Waals surface area contributed by atoms with Crippen LogP contribution in [0.2, 0.25) is 0 Å². The van der Waals surface area contributed by atoms with Gasteiger partial charge in [-0.05, 0) is 42.3 Å². The van der Waals surface area contributed by atoms with E-state index >= 15 is 0 Å². The highest BCUT2D eigenvalue weighted by molar-refractivity contribution is 7.89. The number of carbonyl (C=O) groups excluding carboxylic acids is 1. The molecule has 0 aliphatic carbocycles. The van der Waals surface area contributed by atoms with Crippen LogP contribution in [0.4, 0.5) is 4.39 Å². The molecule has 0 heterocycles. The van der Waals surface area contributed by atoms with Crippen LogP contribution < -0.4 is 19.3 Å². The number of rotatable bonds is 8. The first-order valence-corrected chi connectivity index (χ1v) is 9.07. The lowest BCUT2D eigenvalue weighted by Gasteiger charge is -2.12. The van der Waals surface area contributed by atoms with E-state index in [0.29, 0.717) is 29.7 Å². The molecule has 0 radical (unpaired) electrons. The zero-order chi connectivity index (χ0) is 19.3. The van der Waals surface area contributed by atoms with E-state index in [1.165, 1.54) is 7.11 Å². The molecule has 0 aliphatic heterocycles. The standard InChI is InChI=1S/C17H18FNO6S/c1-3-25-14-7-4-11(8-15(14)24-2)10-19-26(22,23)16-9-12(17(20)21)5-6-13(16)18/h4-9,19H,3,10H2,1-2H3,(H,20,21)/p-1. The van der Waals surface area contributed by atoms with Crippen molar-refractivity contribution in [3.05, 3.63) is 53.3 Å². The third-order valence-corrected chi connectivity index (χ3v) is 4.87. The van der Waals surface area contributed by atoms with Crippen molar-refractivity contribution in [2.75, 3.05) is 13.7 Å². The Hall–Kier alpha value is -2.65. The van der Waals surface area contributed by atoms with Gasteiger partial charge in [-0.15, -0.1) is 0 Å². The second-order valence-corrected chi connectivity index (χ2v) is 6.91. The molecule has 0 spiro atoms. The number of carboxylic acids is 1. The molecule has 26 heavy (non-hydrogen) atoms. The molecule has 0 saturated carbocycles. The Balaban J connectivity index is 2.23. The predicted octanol–water partition coefficient (Wildman–Crippen LogP) is 1.07. The van der Waals surface area contributed by atoms with Gasteiger partial charge in [0.25, 0.3) is 0 Å². The summed E-state index contributed by atoms with van der Waals surface area (Å²) in [5, 5.41) is 10.9. The van der Waals surface area contributed by atoms with Gasteiger partial charge >= 0.3 is 0 Å². The van der Waals surface area contributed by atoms with Gasteiger partial charge in [0.05, 0.1) is 19.7 Å². The molecule has 0 aromatic heterocycles. The second-order valence-electron chi connectivity index (χ2n) is 5.18. The molecule has 0 saturated heterocycles. The van der Waals surface area contributed by atoms with Crippen molar-refractivity contribution in [2.24, 2.45) is 0 Å². The fraction of sp³-hybridized carbons (Fsp3) is 0.235. The fourth-order valence-electron chi connectivity index (χ4n) is 2.19. The number of carboxylic acid groups (broad SMARTS) is 1. The van der Waals surface area contributed by atoms with Crippen LogP contribution in [0.1, 0.15) is 22.8 Å². The third kappa shape index (κ3) is 4.50. The number of hydrogen-bond donors (Lipinski definition) is 1. The van der Waals surface area contributed by atoms with Crippen molar-refractivity contribution >= 4 is 16.0 Å². The van der Waals surface area contributed by atoms with Crippen molar-refractivity contribution < 1.29 is 32.2 Å². The van der Waals surface area contributed by atoms with Crippen LogP contribution in [0.25, 0.3) is 0 Å². The van der Waals surface area contributed by atoms with E-state index in [9.17, 15) is 22.7 Å². The van der Waals surface area contributed by atoms with Crippen molar-refractivity contribution in [1.82, 2.24) is 4.72 Å². The van der Waals surface area contributed by atoms with E-state index < -0.39 is 32.3 Å². The molecular formula is C17H17FNO6S-. The number of methoxy groups -OCH3 is 1. The van der Waals surface area contributed by atoms with Crippen LogP contribution in [0.15, 0.2) is 41.3 Å². The summed E-state index contributed by atoms with van der Waals surface area (Å²) in [4.78, 5) is 10.1. The topological polar surface area (TPSA) is 105 Å². The van der Waals surface area contributed by atoms with Crippen LogP contribution in [0, 0.1) is 5.82 Å². The number of sulfonamides is 1. The highest BCUT2D eigenvalue weighted by Gasteiger charge is 2.20. The smallest absolute Gasteiger partial charge is 0.243 e. The molecule has 9 heteroatoms. The lowest BCUT2D eigenvalue weighted by atomic mass is 10.2. The Labute approximate surface area is 150 Å². The molecule has 0 bridgehead atoms. The number of aromatic carboxylic acids is 1. The van der Waals surface area contributed by atoms with Crippen LogP contribution in [0.3, 0.4) is 0 Å². The summed E-state index contributed by atoms with van der Waals surface area (Å²) in [5.41, 5.74) is 0.111. The van der Waals surface area contributed by atoms with Crippen LogP contribution >= 0.6 is 0 Å². The summed E-state index contributed by atoms with van der Waals surface area (Å²) in [7, 11) is -2.82. The van der Waals surface area contributed by atoms with Gasteiger partial charge in [0.2, 0.25) is 10.0 Å². The maximum Gasteiger partial charge on any atom is 0.243 e. The lowest BCUT2D eigenvalue weighted by Crippen LogP contribution is -2.26. The molecule has 0 aliphatic rings. The lowest BCUT2D eigenvalue weighted by molar-refractivity contribution is -0.255. The Bertz CT molecular complexity index is 913. The highest BCUT2D eigenvalue weighted by Crippen LogP contribution is 2.28. The molecule has 2 aromatic rings. The molecule has 2 aromatic carbocycles. The minimum atomic E-state index is -4.27. The molecule has 1 N–H and O–H groups in total. The van der Waals surface area contributed by atoms with Gasteiger partial charge in [-0.1, -0.05) is 12.1 Å². The van der Waals surface area contributed by atoms with Crippen molar-refractivity contribution in [3.8, 4) is 11.5 Å². The number of ether oxygens (including phenoxy) is 2. The van der Waals surface area contributed by atoms with Gasteiger partial charge in [-0.2, -0.15) is 0 Å². The largest absolute Gasteiger partial charge is 0.545 e. The first-order valence-electron chi connectivity index (χ1n) is 7.58. The van der Waals surface area contributed by atoms with E-state index in [4.69, 9.17) is 9.47 Å². The summed E-state index contributed by atoms with van der Waals surface area (Å²) in [5.74, 6) is -1.73. The molecule has 0 atom stereocenters.